The minimum absolute atomic E-state index is 0.0198. The summed E-state index contributed by atoms with van der Waals surface area (Å²) in [6.45, 7) is 5.52. The van der Waals surface area contributed by atoms with E-state index in [1.54, 1.807) is 13.3 Å². The molecule has 1 saturated carbocycles. The Labute approximate surface area is 172 Å². The summed E-state index contributed by atoms with van der Waals surface area (Å²) in [5.74, 6) is 1.38. The van der Waals surface area contributed by atoms with Gasteiger partial charge in [-0.3, -0.25) is 4.79 Å². The lowest BCUT2D eigenvalue weighted by molar-refractivity contribution is -0.121. The maximum absolute atomic E-state index is 13.3. The minimum atomic E-state index is -0.507. The summed E-state index contributed by atoms with van der Waals surface area (Å²) in [4.78, 5) is 17.7. The third-order valence-electron chi connectivity index (χ3n) is 5.49. The van der Waals surface area contributed by atoms with Crippen LogP contribution in [0.4, 0.5) is 5.69 Å². The van der Waals surface area contributed by atoms with E-state index >= 15 is 0 Å². The molecule has 1 aliphatic rings. The molecule has 0 unspecified atom stereocenters. The van der Waals surface area contributed by atoms with Crippen molar-refractivity contribution in [2.45, 2.75) is 44.9 Å². The van der Waals surface area contributed by atoms with Crippen molar-refractivity contribution in [2.24, 2.45) is 0 Å². The number of aromatic nitrogens is 1. The molecule has 0 saturated heterocycles. The molecular weight excluding hydrogens is 368 g/mol. The van der Waals surface area contributed by atoms with E-state index in [0.29, 0.717) is 31.4 Å². The third kappa shape index (κ3) is 4.88. The molecule has 0 aliphatic heterocycles. The Kier molecular flexibility index (Phi) is 7.09. The number of amides is 1. The van der Waals surface area contributed by atoms with Gasteiger partial charge in [0.15, 0.2) is 0 Å². The van der Waals surface area contributed by atoms with Crippen LogP contribution in [-0.4, -0.2) is 37.8 Å². The highest BCUT2D eigenvalue weighted by Crippen LogP contribution is 2.42. The average molecular weight is 399 g/mol. The fraction of sp³-hybridized carbons (Fsp3) is 0.478. The molecule has 156 valence electrons. The van der Waals surface area contributed by atoms with Gasteiger partial charge in [-0.15, -0.1) is 0 Å². The highest BCUT2D eigenvalue weighted by atomic mass is 16.5. The summed E-state index contributed by atoms with van der Waals surface area (Å²) in [5, 5.41) is 3.08. The van der Waals surface area contributed by atoms with Crippen LogP contribution in [-0.2, 0) is 14.9 Å². The highest BCUT2D eigenvalue weighted by molar-refractivity contribution is 5.99. The molecule has 1 fully saturated rings. The lowest BCUT2D eigenvalue weighted by Crippen LogP contribution is -2.38. The normalized spacial score (nSPS) is 15.1. The number of pyridine rings is 1. The quantitative estimate of drug-likeness (QED) is 0.639. The lowest BCUT2D eigenvalue weighted by Gasteiger charge is -2.28. The van der Waals surface area contributed by atoms with Crippen molar-refractivity contribution in [1.29, 1.82) is 0 Å². The van der Waals surface area contributed by atoms with E-state index in [9.17, 15) is 4.79 Å². The highest BCUT2D eigenvalue weighted by Gasteiger charge is 2.42. The van der Waals surface area contributed by atoms with Gasteiger partial charge >= 0.3 is 0 Å². The number of rotatable bonds is 9. The topological polar surface area (TPSA) is 69.7 Å². The number of anilines is 1. The molecule has 29 heavy (non-hydrogen) atoms. The number of carbonyl (C=O) groups excluding carboxylic acids is 1. The number of methoxy groups -OCH3 is 1. The van der Waals surface area contributed by atoms with Gasteiger partial charge < -0.3 is 19.5 Å². The Morgan fingerprint density at radius 3 is 2.52 bits per heavy atom. The first-order chi connectivity index (χ1) is 14.1. The van der Waals surface area contributed by atoms with E-state index in [4.69, 9.17) is 14.2 Å². The first-order valence-corrected chi connectivity index (χ1v) is 10.2. The fourth-order valence-corrected chi connectivity index (χ4v) is 3.91. The van der Waals surface area contributed by atoms with Gasteiger partial charge in [-0.2, -0.15) is 0 Å². The molecule has 0 spiro atoms. The Morgan fingerprint density at radius 1 is 1.17 bits per heavy atom. The first-order valence-electron chi connectivity index (χ1n) is 10.2. The van der Waals surface area contributed by atoms with Crippen LogP contribution in [0.15, 0.2) is 36.5 Å². The molecule has 1 aromatic heterocycles. The van der Waals surface area contributed by atoms with Crippen LogP contribution >= 0.6 is 0 Å². The zero-order valence-electron chi connectivity index (χ0n) is 17.5. The van der Waals surface area contributed by atoms with Gasteiger partial charge in [-0.25, -0.2) is 4.98 Å². The van der Waals surface area contributed by atoms with Crippen LogP contribution in [0.1, 0.15) is 43.7 Å². The van der Waals surface area contributed by atoms with Gasteiger partial charge in [-0.05, 0) is 50.5 Å². The van der Waals surface area contributed by atoms with E-state index in [2.05, 4.69) is 10.3 Å². The molecular formula is C23H30N2O4. The zero-order valence-corrected chi connectivity index (χ0v) is 17.5. The molecule has 0 atom stereocenters. The molecule has 6 heteroatoms. The van der Waals surface area contributed by atoms with Gasteiger partial charge in [0.05, 0.1) is 31.0 Å². The molecule has 1 amide bonds. The Balaban J connectivity index is 1.72. The third-order valence-corrected chi connectivity index (χ3v) is 5.49. The fourth-order valence-electron chi connectivity index (χ4n) is 3.91. The maximum Gasteiger partial charge on any atom is 0.235 e. The van der Waals surface area contributed by atoms with Gasteiger partial charge in [-0.1, -0.05) is 25.0 Å². The number of nitrogens with zero attached hydrogens (tertiary/aromatic N) is 1. The van der Waals surface area contributed by atoms with Crippen molar-refractivity contribution in [3.8, 4) is 11.6 Å². The van der Waals surface area contributed by atoms with Crippen LogP contribution in [0.25, 0.3) is 0 Å². The molecule has 1 heterocycles. The second-order valence-electron chi connectivity index (χ2n) is 7.36. The van der Waals surface area contributed by atoms with Gasteiger partial charge in [0.1, 0.15) is 12.4 Å². The summed E-state index contributed by atoms with van der Waals surface area (Å²) < 4.78 is 16.2. The Hall–Kier alpha value is -2.60. The Morgan fingerprint density at radius 2 is 1.90 bits per heavy atom. The standard InChI is InChI=1S/C23H30N2O4/c1-4-28-13-14-29-21-17(2)15-19(16-24-21)25-22(26)23(11-5-6-12-23)18-7-9-20(27-3)10-8-18/h7-10,15-16H,4-6,11-14H2,1-3H3,(H,25,26). The van der Waals surface area contributed by atoms with E-state index in [1.807, 2.05) is 44.2 Å². The van der Waals surface area contributed by atoms with Crippen molar-refractivity contribution in [3.05, 3.63) is 47.7 Å². The minimum Gasteiger partial charge on any atom is -0.497 e. The van der Waals surface area contributed by atoms with Crippen LogP contribution in [0.2, 0.25) is 0 Å². The van der Waals surface area contributed by atoms with Crippen molar-refractivity contribution < 1.29 is 19.0 Å². The SMILES string of the molecule is CCOCCOc1ncc(NC(=O)C2(c3ccc(OC)cc3)CCCC2)cc1C. The summed E-state index contributed by atoms with van der Waals surface area (Å²) in [7, 11) is 1.65. The predicted octanol–water partition coefficient (Wildman–Crippen LogP) is 4.26. The van der Waals surface area contributed by atoms with E-state index in [0.717, 1.165) is 42.6 Å². The van der Waals surface area contributed by atoms with Crippen LogP contribution < -0.4 is 14.8 Å². The number of hydrogen-bond acceptors (Lipinski definition) is 5. The van der Waals surface area contributed by atoms with Crippen molar-refractivity contribution in [3.63, 3.8) is 0 Å². The monoisotopic (exact) mass is 398 g/mol. The molecule has 1 aliphatic carbocycles. The summed E-state index contributed by atoms with van der Waals surface area (Å²) in [6.07, 6.45) is 5.43. The van der Waals surface area contributed by atoms with Crippen molar-refractivity contribution in [2.75, 3.05) is 32.2 Å². The number of carbonyl (C=O) groups is 1. The number of nitrogens with one attached hydrogen (secondary N) is 1. The number of benzene rings is 1. The van der Waals surface area contributed by atoms with Crippen molar-refractivity contribution >= 4 is 11.6 Å². The zero-order chi connectivity index (χ0) is 20.7. The summed E-state index contributed by atoms with van der Waals surface area (Å²) >= 11 is 0. The molecule has 0 radical (unpaired) electrons. The van der Waals surface area contributed by atoms with E-state index in [-0.39, 0.29) is 5.91 Å². The smallest absolute Gasteiger partial charge is 0.235 e. The summed E-state index contributed by atoms with van der Waals surface area (Å²) in [6, 6.07) is 9.74. The Bertz CT molecular complexity index is 814. The molecule has 6 nitrogen and oxygen atoms in total. The molecule has 1 aromatic carbocycles. The molecule has 0 bridgehead atoms. The van der Waals surface area contributed by atoms with Gasteiger partial charge in [0, 0.05) is 12.2 Å². The number of ether oxygens (including phenoxy) is 3. The molecule has 2 aromatic rings. The first kappa shape index (κ1) is 21.1. The van der Waals surface area contributed by atoms with Crippen LogP contribution in [0.3, 0.4) is 0 Å². The predicted molar refractivity (Wildman–Crippen MR) is 113 cm³/mol. The summed E-state index contributed by atoms with van der Waals surface area (Å²) in [5.41, 5.74) is 2.09. The van der Waals surface area contributed by atoms with Crippen molar-refractivity contribution in [1.82, 2.24) is 4.98 Å². The molecule has 1 N–H and O–H groups in total. The largest absolute Gasteiger partial charge is 0.497 e. The second kappa shape index (κ2) is 9.74. The maximum atomic E-state index is 13.3. The average Bonchev–Trinajstić information content (AvgIpc) is 3.24. The van der Waals surface area contributed by atoms with Crippen LogP contribution in [0.5, 0.6) is 11.6 Å². The number of aryl methyl sites for hydroxylation is 1. The number of hydrogen-bond donors (Lipinski definition) is 1. The lowest BCUT2D eigenvalue weighted by atomic mass is 9.78. The van der Waals surface area contributed by atoms with Gasteiger partial charge in [0.25, 0.3) is 0 Å². The van der Waals surface area contributed by atoms with E-state index in [1.165, 1.54) is 0 Å². The molecule has 3 rings (SSSR count). The second-order valence-corrected chi connectivity index (χ2v) is 7.36. The van der Waals surface area contributed by atoms with Gasteiger partial charge in [0.2, 0.25) is 11.8 Å². The van der Waals surface area contributed by atoms with Crippen LogP contribution in [0, 0.1) is 6.92 Å². The van der Waals surface area contributed by atoms with E-state index < -0.39 is 5.41 Å².